The second-order valence-electron chi connectivity index (χ2n) is 6.95. The van der Waals surface area contributed by atoms with Crippen LogP contribution in [-0.4, -0.2) is 30.1 Å². The first-order valence-corrected chi connectivity index (χ1v) is 9.02. The van der Waals surface area contributed by atoms with E-state index in [0.717, 1.165) is 30.8 Å². The zero-order valence-corrected chi connectivity index (χ0v) is 14.5. The summed E-state index contributed by atoms with van der Waals surface area (Å²) >= 11 is 0. The van der Waals surface area contributed by atoms with Crippen molar-refractivity contribution in [3.05, 3.63) is 34.7 Å². The molecule has 1 aromatic heterocycles. The molecule has 1 aliphatic heterocycles. The Morgan fingerprint density at radius 1 is 1.30 bits per heavy atom. The van der Waals surface area contributed by atoms with E-state index >= 15 is 0 Å². The second-order valence-corrected chi connectivity index (χ2v) is 6.95. The van der Waals surface area contributed by atoms with Crippen LogP contribution >= 0.6 is 0 Å². The van der Waals surface area contributed by atoms with Crippen LogP contribution in [0.5, 0.6) is 0 Å². The summed E-state index contributed by atoms with van der Waals surface area (Å²) in [6.45, 7) is 6.83. The van der Waals surface area contributed by atoms with E-state index in [2.05, 4.69) is 41.2 Å². The third-order valence-corrected chi connectivity index (χ3v) is 5.30. The molecule has 0 atom stereocenters. The number of aryl methyl sites for hydroxylation is 1. The van der Waals surface area contributed by atoms with E-state index in [-0.39, 0.29) is 5.91 Å². The summed E-state index contributed by atoms with van der Waals surface area (Å²) in [6.07, 6.45) is 9.69. The number of carbonyl (C=O) groups excluding carboxylic acids is 1. The summed E-state index contributed by atoms with van der Waals surface area (Å²) in [6, 6.07) is 2.65. The van der Waals surface area contributed by atoms with E-state index in [0.29, 0.717) is 12.6 Å². The van der Waals surface area contributed by atoms with Gasteiger partial charge in [-0.2, -0.15) is 0 Å². The van der Waals surface area contributed by atoms with Crippen molar-refractivity contribution in [2.75, 3.05) is 19.6 Å². The molecule has 0 radical (unpaired) electrons. The SMILES string of the molecule is Cc1cc(C(=O)NCC2=CCNCC2)c(C)n1C1CCCCC1. The summed E-state index contributed by atoms with van der Waals surface area (Å²) in [5, 5.41) is 6.40. The molecule has 3 rings (SSSR count). The fraction of sp³-hybridized carbons (Fsp3) is 0.632. The Morgan fingerprint density at radius 3 is 2.78 bits per heavy atom. The summed E-state index contributed by atoms with van der Waals surface area (Å²) in [5.41, 5.74) is 4.53. The monoisotopic (exact) mass is 315 g/mol. The molecule has 4 heteroatoms. The maximum atomic E-state index is 12.6. The number of hydrogen-bond donors (Lipinski definition) is 2. The number of nitrogens with one attached hydrogen (secondary N) is 2. The Morgan fingerprint density at radius 2 is 2.09 bits per heavy atom. The summed E-state index contributed by atoms with van der Waals surface area (Å²) < 4.78 is 2.40. The van der Waals surface area contributed by atoms with Gasteiger partial charge in [-0.15, -0.1) is 0 Å². The van der Waals surface area contributed by atoms with Crippen LogP contribution in [0.4, 0.5) is 0 Å². The summed E-state index contributed by atoms with van der Waals surface area (Å²) in [5.74, 6) is 0.0691. The summed E-state index contributed by atoms with van der Waals surface area (Å²) in [7, 11) is 0. The van der Waals surface area contributed by atoms with Crippen molar-refractivity contribution in [3.8, 4) is 0 Å². The van der Waals surface area contributed by atoms with E-state index in [9.17, 15) is 4.79 Å². The second kappa shape index (κ2) is 7.35. The number of nitrogens with zero attached hydrogens (tertiary/aromatic N) is 1. The van der Waals surface area contributed by atoms with Crippen LogP contribution in [0.15, 0.2) is 17.7 Å². The fourth-order valence-corrected chi connectivity index (χ4v) is 4.03. The predicted molar refractivity (Wildman–Crippen MR) is 93.9 cm³/mol. The number of hydrogen-bond acceptors (Lipinski definition) is 2. The molecule has 1 aliphatic carbocycles. The van der Waals surface area contributed by atoms with Crippen molar-refractivity contribution < 1.29 is 4.79 Å². The lowest BCUT2D eigenvalue weighted by Gasteiger charge is -2.26. The fourth-order valence-electron chi connectivity index (χ4n) is 4.03. The smallest absolute Gasteiger partial charge is 0.253 e. The lowest BCUT2D eigenvalue weighted by molar-refractivity contribution is 0.0955. The molecule has 23 heavy (non-hydrogen) atoms. The van der Waals surface area contributed by atoms with E-state index in [1.54, 1.807) is 0 Å². The van der Waals surface area contributed by atoms with Gasteiger partial charge in [0.1, 0.15) is 0 Å². The first-order valence-electron chi connectivity index (χ1n) is 9.02. The highest BCUT2D eigenvalue weighted by Crippen LogP contribution is 2.32. The van der Waals surface area contributed by atoms with Gasteiger partial charge in [-0.25, -0.2) is 0 Å². The Kier molecular flexibility index (Phi) is 5.21. The molecule has 0 unspecified atom stereocenters. The minimum Gasteiger partial charge on any atom is -0.348 e. The van der Waals surface area contributed by atoms with E-state index < -0.39 is 0 Å². The van der Waals surface area contributed by atoms with Gasteiger partial charge in [-0.3, -0.25) is 4.79 Å². The van der Waals surface area contributed by atoms with E-state index in [1.165, 1.54) is 43.4 Å². The van der Waals surface area contributed by atoms with Gasteiger partial charge < -0.3 is 15.2 Å². The molecule has 126 valence electrons. The first-order chi connectivity index (χ1) is 11.2. The molecule has 1 saturated carbocycles. The predicted octanol–water partition coefficient (Wildman–Crippen LogP) is 3.26. The highest BCUT2D eigenvalue weighted by Gasteiger charge is 2.22. The van der Waals surface area contributed by atoms with E-state index in [1.807, 2.05) is 0 Å². The van der Waals surface area contributed by atoms with Crippen molar-refractivity contribution >= 4 is 5.91 Å². The molecule has 0 aromatic carbocycles. The maximum Gasteiger partial charge on any atom is 0.253 e. The zero-order valence-electron chi connectivity index (χ0n) is 14.5. The van der Waals surface area contributed by atoms with Crippen molar-refractivity contribution in [3.63, 3.8) is 0 Å². The van der Waals surface area contributed by atoms with Crippen molar-refractivity contribution in [2.24, 2.45) is 0 Å². The Balaban J connectivity index is 1.69. The molecule has 4 nitrogen and oxygen atoms in total. The average Bonchev–Trinajstić information content (AvgIpc) is 2.89. The lowest BCUT2D eigenvalue weighted by atomic mass is 9.95. The molecule has 2 heterocycles. The minimum absolute atomic E-state index is 0.0691. The third kappa shape index (κ3) is 3.69. The average molecular weight is 315 g/mol. The standard InChI is InChI=1S/C19H29N3O/c1-14-12-18(15(2)22(14)17-6-4-3-5-7-17)19(23)21-13-16-8-10-20-11-9-16/h8,12,17,20H,3-7,9-11,13H2,1-2H3,(H,21,23). The van der Waals surface area contributed by atoms with Crippen LogP contribution in [0.3, 0.4) is 0 Å². The zero-order chi connectivity index (χ0) is 16.2. The molecule has 0 bridgehead atoms. The van der Waals surface area contributed by atoms with Crippen molar-refractivity contribution in [2.45, 2.75) is 58.4 Å². The first kappa shape index (κ1) is 16.3. The van der Waals surface area contributed by atoms with Crippen molar-refractivity contribution in [1.82, 2.24) is 15.2 Å². The molecule has 0 saturated heterocycles. The van der Waals surface area contributed by atoms with Crippen LogP contribution in [0.1, 0.15) is 66.3 Å². The van der Waals surface area contributed by atoms with Crippen molar-refractivity contribution in [1.29, 1.82) is 0 Å². The highest BCUT2D eigenvalue weighted by molar-refractivity contribution is 5.95. The number of amides is 1. The van der Waals surface area contributed by atoms with Gasteiger partial charge in [0.2, 0.25) is 0 Å². The van der Waals surface area contributed by atoms with Gasteiger partial charge >= 0.3 is 0 Å². The Bertz CT molecular complexity index is 594. The molecule has 1 aromatic rings. The molecular formula is C19H29N3O. The van der Waals surface area contributed by atoms with Gasteiger partial charge in [-0.1, -0.05) is 30.9 Å². The molecule has 0 spiro atoms. The van der Waals surface area contributed by atoms with Gasteiger partial charge in [0.15, 0.2) is 0 Å². The van der Waals surface area contributed by atoms with Gasteiger partial charge in [0.05, 0.1) is 5.56 Å². The third-order valence-electron chi connectivity index (χ3n) is 5.30. The molecule has 2 N–H and O–H groups in total. The van der Waals surface area contributed by atoms with Crippen LogP contribution < -0.4 is 10.6 Å². The normalized spacial score (nSPS) is 19.5. The Labute approximate surface area is 139 Å². The molecule has 2 aliphatic rings. The van der Waals surface area contributed by atoms with Crippen LogP contribution in [-0.2, 0) is 0 Å². The lowest BCUT2D eigenvalue weighted by Crippen LogP contribution is -2.30. The molecule has 1 fully saturated rings. The largest absolute Gasteiger partial charge is 0.348 e. The van der Waals surface area contributed by atoms with Crippen LogP contribution in [0.25, 0.3) is 0 Å². The van der Waals surface area contributed by atoms with Crippen LogP contribution in [0.2, 0.25) is 0 Å². The molecular weight excluding hydrogens is 286 g/mol. The van der Waals surface area contributed by atoms with Crippen LogP contribution in [0, 0.1) is 13.8 Å². The quantitative estimate of drug-likeness (QED) is 0.838. The number of aromatic nitrogens is 1. The minimum atomic E-state index is 0.0691. The van der Waals surface area contributed by atoms with E-state index in [4.69, 9.17) is 0 Å². The molecule has 1 amide bonds. The maximum absolute atomic E-state index is 12.6. The van der Waals surface area contributed by atoms with Gasteiger partial charge in [0.25, 0.3) is 5.91 Å². The topological polar surface area (TPSA) is 46.1 Å². The Hall–Kier alpha value is -1.55. The van der Waals surface area contributed by atoms with Gasteiger partial charge in [0, 0.05) is 30.5 Å². The number of rotatable bonds is 4. The number of carbonyl (C=O) groups is 1. The highest BCUT2D eigenvalue weighted by atomic mass is 16.1. The van der Waals surface area contributed by atoms with Gasteiger partial charge in [-0.05, 0) is 45.7 Å². The summed E-state index contributed by atoms with van der Waals surface area (Å²) in [4.78, 5) is 12.6.